The Bertz CT molecular complexity index is 1110. The zero-order chi connectivity index (χ0) is 24.2. The number of carbonyl (C=O) groups excluding carboxylic acids is 1. The van der Waals surface area contributed by atoms with Crippen molar-refractivity contribution in [3.8, 4) is 17.6 Å². The first-order chi connectivity index (χ1) is 16.6. The minimum absolute atomic E-state index is 0.0531. The molecule has 3 rings (SSSR count). The van der Waals surface area contributed by atoms with Gasteiger partial charge in [-0.3, -0.25) is 4.79 Å². The molecule has 0 saturated heterocycles. The van der Waals surface area contributed by atoms with Crippen LogP contribution < -0.4 is 14.8 Å². The lowest BCUT2D eigenvalue weighted by molar-refractivity contribution is -0.117. The summed E-state index contributed by atoms with van der Waals surface area (Å²) in [4.78, 5) is 12.3. The van der Waals surface area contributed by atoms with Crippen LogP contribution in [-0.4, -0.2) is 19.1 Å². The molecule has 174 valence electrons. The fourth-order valence-corrected chi connectivity index (χ4v) is 3.30. The lowest BCUT2D eigenvalue weighted by Crippen LogP contribution is -2.23. The molecule has 34 heavy (non-hydrogen) atoms. The van der Waals surface area contributed by atoms with Crippen LogP contribution in [0.25, 0.3) is 6.08 Å². The van der Waals surface area contributed by atoms with Crippen LogP contribution in [-0.2, 0) is 11.3 Å². The van der Waals surface area contributed by atoms with Gasteiger partial charge in [0, 0.05) is 6.54 Å². The van der Waals surface area contributed by atoms with Gasteiger partial charge in [-0.2, -0.15) is 5.26 Å². The standard InChI is InChI=1S/C29H30N2O3/c1-3-22(2)25-11-15-28(16-12-25)34-18-17-33-27-13-9-23(10-14-27)19-26(20-30)29(32)31-21-24-7-5-4-6-8-24/h4-16,19,22H,3,17-18,21H2,1-2H3,(H,31,32)/b26-19+. The van der Waals surface area contributed by atoms with Gasteiger partial charge < -0.3 is 14.8 Å². The van der Waals surface area contributed by atoms with Crippen molar-refractivity contribution in [3.05, 3.63) is 101 Å². The Labute approximate surface area is 201 Å². The van der Waals surface area contributed by atoms with Crippen molar-refractivity contribution in [2.75, 3.05) is 13.2 Å². The largest absolute Gasteiger partial charge is 0.490 e. The van der Waals surface area contributed by atoms with Gasteiger partial charge in [-0.05, 0) is 59.4 Å². The van der Waals surface area contributed by atoms with Crippen LogP contribution >= 0.6 is 0 Å². The van der Waals surface area contributed by atoms with Crippen LogP contribution in [0, 0.1) is 11.3 Å². The van der Waals surface area contributed by atoms with Gasteiger partial charge in [0.2, 0.25) is 0 Å². The second-order valence-electron chi connectivity index (χ2n) is 7.98. The molecule has 0 fully saturated rings. The summed E-state index contributed by atoms with van der Waals surface area (Å²) < 4.78 is 11.5. The topological polar surface area (TPSA) is 71.3 Å². The molecular weight excluding hydrogens is 424 g/mol. The Balaban J connectivity index is 1.45. The third-order valence-corrected chi connectivity index (χ3v) is 5.53. The summed E-state index contributed by atoms with van der Waals surface area (Å²) in [6.07, 6.45) is 2.68. The van der Waals surface area contributed by atoms with Crippen LogP contribution in [0.3, 0.4) is 0 Å². The van der Waals surface area contributed by atoms with Gasteiger partial charge >= 0.3 is 0 Å². The molecule has 1 amide bonds. The number of benzene rings is 3. The normalized spacial score (nSPS) is 11.9. The minimum atomic E-state index is -0.402. The molecule has 0 spiro atoms. The molecule has 3 aromatic rings. The minimum Gasteiger partial charge on any atom is -0.490 e. The maximum Gasteiger partial charge on any atom is 0.262 e. The quantitative estimate of drug-likeness (QED) is 0.223. The summed E-state index contributed by atoms with van der Waals surface area (Å²) >= 11 is 0. The van der Waals surface area contributed by atoms with Crippen LogP contribution in [0.2, 0.25) is 0 Å². The number of hydrogen-bond acceptors (Lipinski definition) is 4. The lowest BCUT2D eigenvalue weighted by atomic mass is 9.99. The first kappa shape index (κ1) is 24.6. The maximum atomic E-state index is 12.3. The molecule has 0 heterocycles. The summed E-state index contributed by atoms with van der Waals surface area (Å²) in [6, 6.07) is 27.0. The van der Waals surface area contributed by atoms with Crippen molar-refractivity contribution in [3.63, 3.8) is 0 Å². The molecule has 0 radical (unpaired) electrons. The monoisotopic (exact) mass is 454 g/mol. The Morgan fingerprint density at radius 2 is 1.53 bits per heavy atom. The average molecular weight is 455 g/mol. The van der Waals surface area contributed by atoms with Gasteiger partial charge in [0.25, 0.3) is 5.91 Å². The summed E-state index contributed by atoms with van der Waals surface area (Å²) in [5.74, 6) is 1.66. The number of hydrogen-bond donors (Lipinski definition) is 1. The van der Waals surface area contributed by atoms with Crippen molar-refractivity contribution in [1.29, 1.82) is 5.26 Å². The summed E-state index contributed by atoms with van der Waals surface area (Å²) in [5.41, 5.74) is 3.09. The van der Waals surface area contributed by atoms with E-state index in [0.29, 0.717) is 31.4 Å². The fraction of sp³-hybridized carbons (Fsp3) is 0.241. The number of carbonyl (C=O) groups is 1. The third kappa shape index (κ3) is 7.53. The molecule has 1 N–H and O–H groups in total. The van der Waals surface area contributed by atoms with E-state index < -0.39 is 5.91 Å². The van der Waals surface area contributed by atoms with E-state index in [2.05, 4.69) is 31.3 Å². The van der Waals surface area contributed by atoms with E-state index in [1.54, 1.807) is 6.08 Å². The van der Waals surface area contributed by atoms with Crippen LogP contribution in [0.5, 0.6) is 11.5 Å². The van der Waals surface area contributed by atoms with Gasteiger partial charge in [-0.15, -0.1) is 0 Å². The highest BCUT2D eigenvalue weighted by atomic mass is 16.5. The Hall–Kier alpha value is -4.04. The Kier molecular flexibility index (Phi) is 9.30. The molecule has 0 saturated carbocycles. The molecule has 1 atom stereocenters. The van der Waals surface area contributed by atoms with Crippen molar-refractivity contribution < 1.29 is 14.3 Å². The van der Waals surface area contributed by atoms with E-state index in [1.807, 2.05) is 72.8 Å². The van der Waals surface area contributed by atoms with Crippen LogP contribution in [0.4, 0.5) is 0 Å². The highest BCUT2D eigenvalue weighted by Crippen LogP contribution is 2.21. The molecule has 0 aromatic heterocycles. The van der Waals surface area contributed by atoms with Gasteiger partial charge in [-0.25, -0.2) is 0 Å². The second kappa shape index (κ2) is 12.9. The SMILES string of the molecule is CCC(C)c1ccc(OCCOc2ccc(/C=C(\C#N)C(=O)NCc3ccccc3)cc2)cc1. The summed E-state index contributed by atoms with van der Waals surface area (Å²) in [6.45, 7) is 5.61. The molecule has 0 aliphatic carbocycles. The van der Waals surface area contributed by atoms with Crippen molar-refractivity contribution in [2.24, 2.45) is 0 Å². The van der Waals surface area contributed by atoms with Gasteiger partial charge in [0.05, 0.1) is 0 Å². The predicted octanol–water partition coefficient (Wildman–Crippen LogP) is 5.88. The molecule has 5 nitrogen and oxygen atoms in total. The van der Waals surface area contributed by atoms with Crippen molar-refractivity contribution in [2.45, 2.75) is 32.7 Å². The molecule has 0 aliphatic rings. The van der Waals surface area contributed by atoms with E-state index in [1.165, 1.54) is 5.56 Å². The maximum absolute atomic E-state index is 12.3. The van der Waals surface area contributed by atoms with Gasteiger partial charge in [-0.1, -0.05) is 68.4 Å². The lowest BCUT2D eigenvalue weighted by Gasteiger charge is -2.11. The number of amides is 1. The Morgan fingerprint density at radius 1 is 0.941 bits per heavy atom. The molecule has 3 aromatic carbocycles. The van der Waals surface area contributed by atoms with E-state index in [9.17, 15) is 10.1 Å². The Morgan fingerprint density at radius 3 is 2.09 bits per heavy atom. The van der Waals surface area contributed by atoms with Gasteiger partial charge in [0.15, 0.2) is 0 Å². The van der Waals surface area contributed by atoms with Crippen LogP contribution in [0.1, 0.15) is 42.9 Å². The van der Waals surface area contributed by atoms with Crippen molar-refractivity contribution >= 4 is 12.0 Å². The number of rotatable bonds is 11. The first-order valence-corrected chi connectivity index (χ1v) is 11.5. The predicted molar refractivity (Wildman–Crippen MR) is 134 cm³/mol. The zero-order valence-electron chi connectivity index (χ0n) is 19.7. The first-order valence-electron chi connectivity index (χ1n) is 11.5. The molecule has 0 bridgehead atoms. The number of nitrogens with zero attached hydrogens (tertiary/aromatic N) is 1. The van der Waals surface area contributed by atoms with E-state index in [4.69, 9.17) is 9.47 Å². The molecular formula is C29H30N2O3. The van der Waals surface area contributed by atoms with Crippen molar-refractivity contribution in [1.82, 2.24) is 5.32 Å². The number of nitrogens with one attached hydrogen (secondary N) is 1. The van der Waals surface area contributed by atoms with Gasteiger partial charge in [0.1, 0.15) is 36.4 Å². The average Bonchev–Trinajstić information content (AvgIpc) is 2.89. The van der Waals surface area contributed by atoms with E-state index >= 15 is 0 Å². The zero-order valence-corrected chi connectivity index (χ0v) is 19.7. The molecule has 5 heteroatoms. The third-order valence-electron chi connectivity index (χ3n) is 5.53. The fourth-order valence-electron chi connectivity index (χ4n) is 3.30. The molecule has 0 aliphatic heterocycles. The van der Waals surface area contributed by atoms with E-state index in [-0.39, 0.29) is 5.57 Å². The number of ether oxygens (including phenoxy) is 2. The number of nitriles is 1. The molecule has 1 unspecified atom stereocenters. The second-order valence-corrected chi connectivity index (χ2v) is 7.98. The summed E-state index contributed by atoms with van der Waals surface area (Å²) in [7, 11) is 0. The summed E-state index contributed by atoms with van der Waals surface area (Å²) in [5, 5.41) is 12.2. The van der Waals surface area contributed by atoms with Crippen LogP contribution in [0.15, 0.2) is 84.4 Å². The highest BCUT2D eigenvalue weighted by Gasteiger charge is 2.09. The van der Waals surface area contributed by atoms with E-state index in [0.717, 1.165) is 23.3 Å². The highest BCUT2D eigenvalue weighted by molar-refractivity contribution is 6.01. The smallest absolute Gasteiger partial charge is 0.262 e.